The summed E-state index contributed by atoms with van der Waals surface area (Å²) in [6.07, 6.45) is 0. The van der Waals surface area contributed by atoms with Crippen molar-refractivity contribution in [2.24, 2.45) is 17.6 Å². The van der Waals surface area contributed by atoms with Gasteiger partial charge in [0.25, 0.3) is 0 Å². The van der Waals surface area contributed by atoms with Crippen LogP contribution >= 0.6 is 0 Å². The second kappa shape index (κ2) is 4.06. The van der Waals surface area contributed by atoms with E-state index in [1.807, 2.05) is 0 Å². The van der Waals surface area contributed by atoms with Crippen molar-refractivity contribution in [3.8, 4) is 0 Å². The Balaban J connectivity index is 4.28. The van der Waals surface area contributed by atoms with Gasteiger partial charge in [0, 0.05) is 0 Å². The topological polar surface area (TPSA) is 101 Å². The molecule has 0 aliphatic heterocycles. The Bertz CT molecular complexity index is 172. The highest BCUT2D eigenvalue weighted by atomic mass is 16.4. The molecule has 5 nitrogen and oxygen atoms in total. The van der Waals surface area contributed by atoms with Gasteiger partial charge >= 0.3 is 11.9 Å². The maximum absolute atomic E-state index is 10.4. The lowest BCUT2D eigenvalue weighted by atomic mass is 9.89. The van der Waals surface area contributed by atoms with Gasteiger partial charge in [0.05, 0.1) is 5.92 Å². The molecule has 0 aromatic carbocycles. The summed E-state index contributed by atoms with van der Waals surface area (Å²) in [7, 11) is 0. The predicted octanol–water partition coefficient (Wildman–Crippen LogP) is -0.245. The molecular formula is C7H13NO4. The van der Waals surface area contributed by atoms with E-state index in [9.17, 15) is 9.59 Å². The number of hydrogen-bond donors (Lipinski definition) is 3. The number of hydrogen-bond acceptors (Lipinski definition) is 3. The van der Waals surface area contributed by atoms with Gasteiger partial charge in [-0.3, -0.25) is 9.59 Å². The monoisotopic (exact) mass is 175 g/mol. The second-order valence-electron chi connectivity index (χ2n) is 2.85. The first-order valence-electron chi connectivity index (χ1n) is 3.59. The minimum Gasteiger partial charge on any atom is -0.481 e. The van der Waals surface area contributed by atoms with Crippen molar-refractivity contribution in [3.63, 3.8) is 0 Å². The Kier molecular flexibility index (Phi) is 3.69. The van der Waals surface area contributed by atoms with Gasteiger partial charge in [-0.2, -0.15) is 0 Å². The summed E-state index contributed by atoms with van der Waals surface area (Å²) in [6.45, 7) is 2.95. The lowest BCUT2D eigenvalue weighted by molar-refractivity contribution is -0.145. The third-order valence-electron chi connectivity index (χ3n) is 2.03. The Morgan fingerprint density at radius 1 is 1.17 bits per heavy atom. The molecule has 0 radical (unpaired) electrons. The van der Waals surface area contributed by atoms with Crippen molar-refractivity contribution < 1.29 is 19.8 Å². The zero-order chi connectivity index (χ0) is 9.89. The first kappa shape index (κ1) is 10.9. The number of nitrogens with two attached hydrogens (primary N) is 1. The maximum atomic E-state index is 10.4. The fourth-order valence-corrected chi connectivity index (χ4v) is 0.761. The molecule has 5 heteroatoms. The van der Waals surface area contributed by atoms with E-state index in [4.69, 9.17) is 15.9 Å². The van der Waals surface area contributed by atoms with Gasteiger partial charge in [-0.25, -0.2) is 0 Å². The van der Waals surface area contributed by atoms with Crippen LogP contribution in [0, 0.1) is 11.8 Å². The molecule has 0 aromatic rings. The summed E-state index contributed by atoms with van der Waals surface area (Å²) < 4.78 is 0. The zero-order valence-corrected chi connectivity index (χ0v) is 7.02. The molecule has 0 unspecified atom stereocenters. The molecule has 0 saturated heterocycles. The highest BCUT2D eigenvalue weighted by molar-refractivity contribution is 5.76. The maximum Gasteiger partial charge on any atom is 0.320 e. The predicted molar refractivity (Wildman–Crippen MR) is 41.6 cm³/mol. The lowest BCUT2D eigenvalue weighted by Crippen LogP contribution is -2.41. The summed E-state index contributed by atoms with van der Waals surface area (Å²) in [5.74, 6) is -3.51. The van der Waals surface area contributed by atoms with Crippen molar-refractivity contribution in [1.29, 1.82) is 0 Å². The molecule has 0 rings (SSSR count). The number of aliphatic carboxylic acids is 2. The largest absolute Gasteiger partial charge is 0.481 e. The lowest BCUT2D eigenvalue weighted by Gasteiger charge is -2.19. The molecule has 0 aliphatic carbocycles. The van der Waals surface area contributed by atoms with Gasteiger partial charge in [-0.1, -0.05) is 13.8 Å². The molecule has 4 N–H and O–H groups in total. The molecule has 12 heavy (non-hydrogen) atoms. The first-order chi connectivity index (χ1) is 5.37. The quantitative estimate of drug-likeness (QED) is 0.547. The Hall–Kier alpha value is -1.10. The van der Waals surface area contributed by atoms with Gasteiger partial charge in [0.1, 0.15) is 6.04 Å². The van der Waals surface area contributed by atoms with Crippen LogP contribution in [0.5, 0.6) is 0 Å². The number of carboxylic acid groups (broad SMARTS) is 2. The fourth-order valence-electron chi connectivity index (χ4n) is 0.761. The number of rotatable bonds is 4. The van der Waals surface area contributed by atoms with Gasteiger partial charge in [0.15, 0.2) is 0 Å². The summed E-state index contributed by atoms with van der Waals surface area (Å²) in [4.78, 5) is 20.8. The SMILES string of the molecule is C[C@H]([C@H](N)C(=O)O)[C@@H](C)C(=O)O. The van der Waals surface area contributed by atoms with Crippen molar-refractivity contribution in [2.75, 3.05) is 0 Å². The summed E-state index contributed by atoms with van der Waals surface area (Å²) in [5.41, 5.74) is 5.24. The molecule has 0 bridgehead atoms. The van der Waals surface area contributed by atoms with Crippen LogP contribution in [0.25, 0.3) is 0 Å². The van der Waals surface area contributed by atoms with Crippen LogP contribution in [0.4, 0.5) is 0 Å². The van der Waals surface area contributed by atoms with Crippen LogP contribution in [-0.2, 0) is 9.59 Å². The van der Waals surface area contributed by atoms with Crippen LogP contribution in [0.15, 0.2) is 0 Å². The average molecular weight is 175 g/mol. The van der Waals surface area contributed by atoms with Crippen LogP contribution in [-0.4, -0.2) is 28.2 Å². The van der Waals surface area contributed by atoms with E-state index in [0.29, 0.717) is 0 Å². The van der Waals surface area contributed by atoms with Crippen molar-refractivity contribution in [3.05, 3.63) is 0 Å². The number of carbonyl (C=O) groups is 2. The van der Waals surface area contributed by atoms with E-state index >= 15 is 0 Å². The highest BCUT2D eigenvalue weighted by Crippen LogP contribution is 2.14. The third-order valence-corrected chi connectivity index (χ3v) is 2.03. The van der Waals surface area contributed by atoms with Crippen molar-refractivity contribution in [1.82, 2.24) is 0 Å². The molecule has 70 valence electrons. The number of carboxylic acids is 2. The molecule has 0 fully saturated rings. The van der Waals surface area contributed by atoms with Crippen LogP contribution in [0.1, 0.15) is 13.8 Å². The highest BCUT2D eigenvalue weighted by Gasteiger charge is 2.28. The van der Waals surface area contributed by atoms with E-state index in [2.05, 4.69) is 0 Å². The normalized spacial score (nSPS) is 17.9. The molecule has 0 aliphatic rings. The smallest absolute Gasteiger partial charge is 0.320 e. The Morgan fingerprint density at radius 2 is 1.58 bits per heavy atom. The van der Waals surface area contributed by atoms with E-state index in [1.54, 1.807) is 0 Å². The van der Waals surface area contributed by atoms with Crippen molar-refractivity contribution >= 4 is 11.9 Å². The Morgan fingerprint density at radius 3 is 1.83 bits per heavy atom. The second-order valence-corrected chi connectivity index (χ2v) is 2.85. The van der Waals surface area contributed by atoms with E-state index in [-0.39, 0.29) is 0 Å². The van der Waals surface area contributed by atoms with Gasteiger partial charge < -0.3 is 15.9 Å². The van der Waals surface area contributed by atoms with Crippen molar-refractivity contribution in [2.45, 2.75) is 19.9 Å². The fraction of sp³-hybridized carbons (Fsp3) is 0.714. The third kappa shape index (κ3) is 2.50. The molecule has 3 atom stereocenters. The molecule has 0 heterocycles. The first-order valence-corrected chi connectivity index (χ1v) is 3.59. The van der Waals surface area contributed by atoms with Gasteiger partial charge in [-0.15, -0.1) is 0 Å². The van der Waals surface area contributed by atoms with E-state index in [0.717, 1.165) is 0 Å². The zero-order valence-electron chi connectivity index (χ0n) is 7.02. The molecular weight excluding hydrogens is 162 g/mol. The summed E-state index contributed by atoms with van der Waals surface area (Å²) >= 11 is 0. The van der Waals surface area contributed by atoms with Crippen LogP contribution in [0.3, 0.4) is 0 Å². The Labute approximate surface area is 70.2 Å². The molecule has 0 aromatic heterocycles. The molecule has 0 saturated carbocycles. The van der Waals surface area contributed by atoms with Gasteiger partial charge in [-0.05, 0) is 5.92 Å². The summed E-state index contributed by atoms with van der Waals surface area (Å²) in [6, 6.07) is -1.11. The standard InChI is InChI=1S/C7H13NO4/c1-3(4(2)6(9)10)5(8)7(11)12/h3-5H,8H2,1-2H3,(H,9,10)(H,11,12)/t3-,4+,5-/m0/s1. The average Bonchev–Trinajstić information content (AvgIpc) is 2.00. The van der Waals surface area contributed by atoms with Crippen LogP contribution in [0.2, 0.25) is 0 Å². The minimum atomic E-state index is -1.17. The minimum absolute atomic E-state index is 0.569. The van der Waals surface area contributed by atoms with Gasteiger partial charge in [0.2, 0.25) is 0 Å². The summed E-state index contributed by atoms with van der Waals surface area (Å²) in [5, 5.41) is 17.0. The molecule has 0 spiro atoms. The van der Waals surface area contributed by atoms with E-state index in [1.165, 1.54) is 13.8 Å². The molecule has 0 amide bonds. The van der Waals surface area contributed by atoms with E-state index < -0.39 is 29.8 Å². The van der Waals surface area contributed by atoms with Crippen LogP contribution < -0.4 is 5.73 Å².